The number of hydrogen-bond donors (Lipinski definition) is 0. The molecule has 0 amide bonds. The SMILES string of the molecule is CN1[C@@H]2CC[C@H]1c1c(n(CCc3ccc(C(F)(F)F)nc3)c3ccccc13)C2. The predicted octanol–water partition coefficient (Wildman–Crippen LogP) is 4.99. The highest BCUT2D eigenvalue weighted by molar-refractivity contribution is 5.86. The minimum Gasteiger partial charge on any atom is -0.344 e. The van der Waals surface area contributed by atoms with Crippen LogP contribution in [0, 0.1) is 0 Å². The first-order chi connectivity index (χ1) is 13.4. The molecule has 3 aromatic rings. The topological polar surface area (TPSA) is 21.1 Å². The molecule has 0 aliphatic carbocycles. The predicted molar refractivity (Wildman–Crippen MR) is 102 cm³/mol. The minimum absolute atomic E-state index is 0.479. The standard InChI is InChI=1S/C22H22F3N3/c1-27-15-7-8-18(27)21-16-4-2-3-5-17(16)28(19(21)12-15)11-10-14-6-9-20(26-13-14)22(23,24)25/h2-6,9,13,15,18H,7-8,10-12H2,1H3/t15-,18+/m1/s1. The van der Waals surface area contributed by atoms with Crippen LogP contribution in [-0.4, -0.2) is 27.5 Å². The van der Waals surface area contributed by atoms with Gasteiger partial charge in [0.1, 0.15) is 5.69 Å². The fourth-order valence-corrected chi connectivity index (χ4v) is 5.04. The molecule has 0 spiro atoms. The van der Waals surface area contributed by atoms with Crippen molar-refractivity contribution in [3.63, 3.8) is 0 Å². The Bertz CT molecular complexity index is 1020. The van der Waals surface area contributed by atoms with Gasteiger partial charge in [0.25, 0.3) is 0 Å². The highest BCUT2D eigenvalue weighted by Crippen LogP contribution is 2.46. The Morgan fingerprint density at radius 2 is 1.93 bits per heavy atom. The van der Waals surface area contributed by atoms with Crippen molar-refractivity contribution in [3.05, 3.63) is 65.1 Å². The van der Waals surface area contributed by atoms with Crippen molar-refractivity contribution in [3.8, 4) is 0 Å². The first-order valence-electron chi connectivity index (χ1n) is 9.77. The molecule has 2 atom stereocenters. The molecule has 0 unspecified atom stereocenters. The summed E-state index contributed by atoms with van der Waals surface area (Å²) in [5.41, 5.74) is 4.09. The maximum Gasteiger partial charge on any atom is 0.433 e. The molecule has 1 fully saturated rings. The van der Waals surface area contributed by atoms with Gasteiger partial charge in [-0.05, 0) is 49.6 Å². The van der Waals surface area contributed by atoms with Gasteiger partial charge in [0, 0.05) is 47.8 Å². The summed E-state index contributed by atoms with van der Waals surface area (Å²) in [7, 11) is 2.23. The average molecular weight is 385 g/mol. The van der Waals surface area contributed by atoms with Crippen molar-refractivity contribution in [2.45, 2.75) is 50.5 Å². The van der Waals surface area contributed by atoms with E-state index >= 15 is 0 Å². The summed E-state index contributed by atoms with van der Waals surface area (Å²) in [6.45, 7) is 0.756. The smallest absolute Gasteiger partial charge is 0.344 e. The summed E-state index contributed by atoms with van der Waals surface area (Å²) in [4.78, 5) is 6.12. The molecule has 28 heavy (non-hydrogen) atoms. The van der Waals surface area contributed by atoms with Crippen molar-refractivity contribution in [2.24, 2.45) is 0 Å². The second kappa shape index (κ2) is 6.34. The lowest BCUT2D eigenvalue weighted by Gasteiger charge is -2.32. The molecule has 1 saturated heterocycles. The van der Waals surface area contributed by atoms with Crippen molar-refractivity contribution in [1.82, 2.24) is 14.5 Å². The second-order valence-electron chi connectivity index (χ2n) is 7.95. The number of aromatic nitrogens is 2. The highest BCUT2D eigenvalue weighted by Gasteiger charge is 2.40. The van der Waals surface area contributed by atoms with E-state index in [-0.39, 0.29) is 0 Å². The van der Waals surface area contributed by atoms with Crippen molar-refractivity contribution in [1.29, 1.82) is 0 Å². The summed E-state index contributed by atoms with van der Waals surface area (Å²) >= 11 is 0. The number of pyridine rings is 1. The number of fused-ring (bicyclic) bond motifs is 6. The largest absolute Gasteiger partial charge is 0.433 e. The lowest BCUT2D eigenvalue weighted by atomic mass is 9.97. The van der Waals surface area contributed by atoms with Crippen LogP contribution in [0.25, 0.3) is 10.9 Å². The Morgan fingerprint density at radius 3 is 2.68 bits per heavy atom. The summed E-state index contributed by atoms with van der Waals surface area (Å²) in [6, 6.07) is 12.2. The first kappa shape index (κ1) is 17.7. The molecule has 5 rings (SSSR count). The molecule has 3 nitrogen and oxygen atoms in total. The van der Waals surface area contributed by atoms with Gasteiger partial charge in [0.15, 0.2) is 0 Å². The monoisotopic (exact) mass is 385 g/mol. The summed E-state index contributed by atoms with van der Waals surface area (Å²) in [6.07, 6.45) is 1.11. The zero-order chi connectivity index (χ0) is 19.5. The molecule has 2 aliphatic heterocycles. The second-order valence-corrected chi connectivity index (χ2v) is 7.95. The van der Waals surface area contributed by atoms with Crippen LogP contribution >= 0.6 is 0 Å². The van der Waals surface area contributed by atoms with Crippen LogP contribution in [0.5, 0.6) is 0 Å². The van der Waals surface area contributed by atoms with E-state index in [0.717, 1.165) is 24.6 Å². The van der Waals surface area contributed by atoms with E-state index in [9.17, 15) is 13.2 Å². The third kappa shape index (κ3) is 2.73. The first-order valence-corrected chi connectivity index (χ1v) is 9.77. The number of alkyl halides is 3. The Balaban J connectivity index is 1.48. The Hall–Kier alpha value is -2.34. The van der Waals surface area contributed by atoms with E-state index in [1.807, 2.05) is 0 Å². The number of benzene rings is 1. The third-order valence-electron chi connectivity index (χ3n) is 6.46. The van der Waals surface area contributed by atoms with E-state index in [0.29, 0.717) is 18.5 Å². The number of para-hydroxylation sites is 1. The molecule has 1 aromatic carbocycles. The van der Waals surface area contributed by atoms with E-state index in [4.69, 9.17) is 0 Å². The maximum atomic E-state index is 12.7. The van der Waals surface area contributed by atoms with E-state index in [1.54, 1.807) is 6.07 Å². The van der Waals surface area contributed by atoms with Gasteiger partial charge in [-0.15, -0.1) is 0 Å². The molecule has 4 heterocycles. The normalized spacial score (nSPS) is 22.0. The summed E-state index contributed by atoms with van der Waals surface area (Å²) in [5, 5.41) is 1.32. The van der Waals surface area contributed by atoms with E-state index in [1.165, 1.54) is 41.2 Å². The lowest BCUT2D eigenvalue weighted by molar-refractivity contribution is -0.141. The molecule has 0 N–H and O–H groups in total. The number of halogens is 3. The van der Waals surface area contributed by atoms with Gasteiger partial charge in [-0.2, -0.15) is 13.2 Å². The molecule has 2 aromatic heterocycles. The molecule has 2 aliphatic rings. The number of likely N-dealkylation sites (N-methyl/N-ethyl adjacent to an activating group) is 1. The highest BCUT2D eigenvalue weighted by atomic mass is 19.4. The summed E-state index contributed by atoms with van der Waals surface area (Å²) < 4.78 is 40.6. The van der Waals surface area contributed by atoms with Gasteiger partial charge >= 0.3 is 6.18 Å². The Morgan fingerprint density at radius 1 is 1.11 bits per heavy atom. The third-order valence-corrected chi connectivity index (χ3v) is 6.46. The van der Waals surface area contributed by atoms with E-state index in [2.05, 4.69) is 45.8 Å². The van der Waals surface area contributed by atoms with Crippen LogP contribution in [0.2, 0.25) is 0 Å². The van der Waals surface area contributed by atoms with Crippen LogP contribution in [0.15, 0.2) is 42.6 Å². The van der Waals surface area contributed by atoms with Crippen LogP contribution in [0.1, 0.15) is 41.4 Å². The van der Waals surface area contributed by atoms with Crippen LogP contribution in [0.3, 0.4) is 0 Å². The van der Waals surface area contributed by atoms with Gasteiger partial charge in [-0.3, -0.25) is 9.88 Å². The quantitative estimate of drug-likeness (QED) is 0.633. The molecule has 0 radical (unpaired) electrons. The van der Waals surface area contributed by atoms with Gasteiger partial charge < -0.3 is 4.57 Å². The average Bonchev–Trinajstić information content (AvgIpc) is 3.10. The summed E-state index contributed by atoms with van der Waals surface area (Å²) in [5.74, 6) is 0. The molecule has 2 bridgehead atoms. The number of nitrogens with zero attached hydrogens (tertiary/aromatic N) is 3. The number of hydrogen-bond acceptors (Lipinski definition) is 2. The van der Waals surface area contributed by atoms with Gasteiger partial charge in [-0.25, -0.2) is 0 Å². The fourth-order valence-electron chi connectivity index (χ4n) is 5.04. The van der Waals surface area contributed by atoms with Crippen molar-refractivity contribution in [2.75, 3.05) is 7.05 Å². The minimum atomic E-state index is -4.39. The van der Waals surface area contributed by atoms with E-state index < -0.39 is 11.9 Å². The van der Waals surface area contributed by atoms with Crippen molar-refractivity contribution >= 4 is 10.9 Å². The molecular formula is C22H22F3N3. The fraction of sp³-hybridized carbons (Fsp3) is 0.409. The van der Waals surface area contributed by atoms with Crippen LogP contribution in [-0.2, 0) is 25.6 Å². The Labute approximate surface area is 161 Å². The molecule has 146 valence electrons. The molecule has 0 saturated carbocycles. The lowest BCUT2D eigenvalue weighted by Crippen LogP contribution is -2.34. The van der Waals surface area contributed by atoms with Crippen LogP contribution in [0.4, 0.5) is 13.2 Å². The van der Waals surface area contributed by atoms with Crippen LogP contribution < -0.4 is 0 Å². The van der Waals surface area contributed by atoms with Gasteiger partial charge in [0.2, 0.25) is 0 Å². The van der Waals surface area contributed by atoms with Gasteiger partial charge in [-0.1, -0.05) is 24.3 Å². The Kier molecular flexibility index (Phi) is 4.02. The number of aryl methyl sites for hydroxylation is 2. The molecule has 6 heteroatoms. The van der Waals surface area contributed by atoms with Crippen molar-refractivity contribution < 1.29 is 13.2 Å². The zero-order valence-corrected chi connectivity index (χ0v) is 15.7. The molecular weight excluding hydrogens is 363 g/mol. The maximum absolute atomic E-state index is 12.7. The zero-order valence-electron chi connectivity index (χ0n) is 15.7. The number of rotatable bonds is 3. The van der Waals surface area contributed by atoms with Gasteiger partial charge in [0.05, 0.1) is 0 Å².